The van der Waals surface area contributed by atoms with Crippen molar-refractivity contribution in [2.75, 3.05) is 19.8 Å². The second-order valence-corrected chi connectivity index (χ2v) is 4.97. The van der Waals surface area contributed by atoms with Gasteiger partial charge in [0.05, 0.1) is 31.2 Å². The Morgan fingerprint density at radius 3 is 2.95 bits per heavy atom. The highest BCUT2D eigenvalue weighted by Gasteiger charge is 2.31. The Morgan fingerprint density at radius 1 is 1.33 bits per heavy atom. The first-order valence-electron chi connectivity index (χ1n) is 6.73. The summed E-state index contributed by atoms with van der Waals surface area (Å²) in [5.74, 6) is -1.16. The van der Waals surface area contributed by atoms with Gasteiger partial charge in [-0.25, -0.2) is 0 Å². The number of rotatable bonds is 3. The van der Waals surface area contributed by atoms with Crippen molar-refractivity contribution < 1.29 is 23.8 Å². The zero-order valence-electron chi connectivity index (χ0n) is 11.3. The van der Waals surface area contributed by atoms with Gasteiger partial charge < -0.3 is 19.2 Å². The average molecular weight is 289 g/mol. The van der Waals surface area contributed by atoms with Crippen molar-refractivity contribution in [1.82, 2.24) is 4.90 Å². The summed E-state index contributed by atoms with van der Waals surface area (Å²) in [6, 6.07) is 6.83. The van der Waals surface area contributed by atoms with E-state index in [0.29, 0.717) is 24.3 Å². The molecule has 3 rings (SSSR count). The third-order valence-electron chi connectivity index (χ3n) is 3.61. The summed E-state index contributed by atoms with van der Waals surface area (Å²) in [5.41, 5.74) is 1.10. The molecule has 1 saturated heterocycles. The number of carboxylic acids is 1. The van der Waals surface area contributed by atoms with E-state index in [0.717, 1.165) is 5.39 Å². The molecule has 2 heterocycles. The van der Waals surface area contributed by atoms with Crippen LogP contribution < -0.4 is 0 Å². The number of carbonyl (C=O) groups is 2. The fourth-order valence-electron chi connectivity index (χ4n) is 2.59. The van der Waals surface area contributed by atoms with E-state index < -0.39 is 12.0 Å². The van der Waals surface area contributed by atoms with Gasteiger partial charge in [0.2, 0.25) is 0 Å². The molecule has 1 aromatic carbocycles. The molecular formula is C15H15NO5. The van der Waals surface area contributed by atoms with Crippen LogP contribution >= 0.6 is 0 Å². The summed E-state index contributed by atoms with van der Waals surface area (Å²) in [6.45, 7) is 1.04. The zero-order chi connectivity index (χ0) is 14.8. The zero-order valence-corrected chi connectivity index (χ0v) is 11.3. The van der Waals surface area contributed by atoms with Crippen LogP contribution in [-0.2, 0) is 9.53 Å². The van der Waals surface area contributed by atoms with Gasteiger partial charge in [0.1, 0.15) is 11.8 Å². The normalized spacial score (nSPS) is 18.9. The maximum Gasteiger partial charge on any atom is 0.305 e. The lowest BCUT2D eigenvalue weighted by Crippen LogP contribution is -2.49. The molecule has 1 amide bonds. The van der Waals surface area contributed by atoms with E-state index in [2.05, 4.69) is 0 Å². The molecule has 1 aliphatic rings. The largest absolute Gasteiger partial charge is 0.481 e. The van der Waals surface area contributed by atoms with Crippen molar-refractivity contribution in [2.45, 2.75) is 12.5 Å². The molecule has 1 fully saturated rings. The van der Waals surface area contributed by atoms with Gasteiger partial charge in [-0.05, 0) is 6.07 Å². The van der Waals surface area contributed by atoms with E-state index >= 15 is 0 Å². The summed E-state index contributed by atoms with van der Waals surface area (Å²) in [7, 11) is 0. The number of benzene rings is 1. The van der Waals surface area contributed by atoms with Crippen molar-refractivity contribution >= 4 is 22.8 Å². The van der Waals surface area contributed by atoms with Crippen molar-refractivity contribution in [3.05, 3.63) is 36.1 Å². The predicted molar refractivity (Wildman–Crippen MR) is 74.1 cm³/mol. The standard InChI is InChI=1S/C15H15NO5/c17-14(18)7-10-8-20-6-5-16(10)15(19)12-9-21-13-4-2-1-3-11(12)13/h1-4,9-10H,5-8H2,(H,17,18). The van der Waals surface area contributed by atoms with E-state index in [1.165, 1.54) is 6.26 Å². The average Bonchev–Trinajstić information content (AvgIpc) is 2.90. The van der Waals surface area contributed by atoms with E-state index in [1.807, 2.05) is 18.2 Å². The van der Waals surface area contributed by atoms with Crippen LogP contribution in [-0.4, -0.2) is 47.7 Å². The van der Waals surface area contributed by atoms with Crippen molar-refractivity contribution in [3.8, 4) is 0 Å². The van der Waals surface area contributed by atoms with Crippen LogP contribution in [0.1, 0.15) is 16.8 Å². The van der Waals surface area contributed by atoms with Gasteiger partial charge in [-0.1, -0.05) is 18.2 Å². The number of hydrogen-bond acceptors (Lipinski definition) is 4. The molecule has 2 aromatic rings. The Hall–Kier alpha value is -2.34. The summed E-state index contributed by atoms with van der Waals surface area (Å²) in [6.07, 6.45) is 1.31. The topological polar surface area (TPSA) is 80.0 Å². The summed E-state index contributed by atoms with van der Waals surface area (Å²) < 4.78 is 10.7. The predicted octanol–water partition coefficient (Wildman–Crippen LogP) is 1.75. The van der Waals surface area contributed by atoms with E-state index in [4.69, 9.17) is 14.3 Å². The molecule has 6 nitrogen and oxygen atoms in total. The van der Waals surface area contributed by atoms with Crippen LogP contribution in [0.2, 0.25) is 0 Å². The number of amides is 1. The molecule has 21 heavy (non-hydrogen) atoms. The highest BCUT2D eigenvalue weighted by Crippen LogP contribution is 2.24. The van der Waals surface area contributed by atoms with Gasteiger partial charge in [0.25, 0.3) is 5.91 Å². The maximum atomic E-state index is 12.7. The summed E-state index contributed by atoms with van der Waals surface area (Å²) >= 11 is 0. The smallest absolute Gasteiger partial charge is 0.305 e. The first kappa shape index (κ1) is 13.6. The number of hydrogen-bond donors (Lipinski definition) is 1. The van der Waals surface area contributed by atoms with Gasteiger partial charge in [0, 0.05) is 11.9 Å². The van der Waals surface area contributed by atoms with Crippen molar-refractivity contribution in [1.29, 1.82) is 0 Å². The molecule has 6 heteroatoms. The number of ether oxygens (including phenoxy) is 1. The molecule has 0 radical (unpaired) electrons. The molecule has 0 aliphatic carbocycles. The minimum Gasteiger partial charge on any atom is -0.481 e. The number of carbonyl (C=O) groups excluding carboxylic acids is 1. The minimum absolute atomic E-state index is 0.123. The van der Waals surface area contributed by atoms with Crippen LogP contribution in [0.15, 0.2) is 34.9 Å². The number of aliphatic carboxylic acids is 1. The first-order chi connectivity index (χ1) is 10.2. The molecule has 1 atom stereocenters. The molecule has 0 spiro atoms. The number of furan rings is 1. The van der Waals surface area contributed by atoms with Crippen molar-refractivity contribution in [3.63, 3.8) is 0 Å². The van der Waals surface area contributed by atoms with Crippen LogP contribution in [0.4, 0.5) is 0 Å². The van der Waals surface area contributed by atoms with Crippen LogP contribution in [0.25, 0.3) is 11.0 Å². The quantitative estimate of drug-likeness (QED) is 0.931. The van der Waals surface area contributed by atoms with Gasteiger partial charge in [-0.15, -0.1) is 0 Å². The number of fused-ring (bicyclic) bond motifs is 1. The molecule has 1 N–H and O–H groups in total. The third-order valence-corrected chi connectivity index (χ3v) is 3.61. The second-order valence-electron chi connectivity index (χ2n) is 4.97. The number of nitrogens with zero attached hydrogens (tertiary/aromatic N) is 1. The van der Waals surface area contributed by atoms with E-state index in [9.17, 15) is 9.59 Å². The summed E-state index contributed by atoms with van der Waals surface area (Å²) in [5, 5.41) is 9.69. The minimum atomic E-state index is -0.944. The lowest BCUT2D eigenvalue weighted by atomic mass is 10.1. The molecular weight excluding hydrogens is 274 g/mol. The lowest BCUT2D eigenvalue weighted by Gasteiger charge is -2.34. The first-order valence-corrected chi connectivity index (χ1v) is 6.73. The SMILES string of the molecule is O=C(O)CC1COCCN1C(=O)c1coc2ccccc12. The van der Waals surface area contributed by atoms with E-state index in [-0.39, 0.29) is 18.9 Å². The third kappa shape index (κ3) is 2.62. The van der Waals surface area contributed by atoms with Gasteiger partial charge in [0.15, 0.2) is 0 Å². The molecule has 110 valence electrons. The Balaban J connectivity index is 1.90. The van der Waals surface area contributed by atoms with E-state index in [1.54, 1.807) is 11.0 Å². The fourth-order valence-corrected chi connectivity index (χ4v) is 2.59. The Labute approximate surface area is 120 Å². The maximum absolute atomic E-state index is 12.7. The Kier molecular flexibility index (Phi) is 3.62. The Morgan fingerprint density at radius 2 is 2.14 bits per heavy atom. The number of para-hydroxylation sites is 1. The van der Waals surface area contributed by atoms with Crippen molar-refractivity contribution in [2.24, 2.45) is 0 Å². The molecule has 0 saturated carbocycles. The number of carboxylic acid groups (broad SMARTS) is 1. The highest BCUT2D eigenvalue weighted by molar-refractivity contribution is 6.06. The lowest BCUT2D eigenvalue weighted by molar-refractivity contribution is -0.139. The Bertz CT molecular complexity index is 678. The fraction of sp³-hybridized carbons (Fsp3) is 0.333. The second kappa shape index (κ2) is 5.57. The monoisotopic (exact) mass is 289 g/mol. The molecule has 1 aromatic heterocycles. The van der Waals surface area contributed by atoms with Gasteiger partial charge >= 0.3 is 5.97 Å². The molecule has 1 unspecified atom stereocenters. The molecule has 0 bridgehead atoms. The van der Waals surface area contributed by atoms with Crippen LogP contribution in [0, 0.1) is 0 Å². The van der Waals surface area contributed by atoms with Crippen LogP contribution in [0.5, 0.6) is 0 Å². The highest BCUT2D eigenvalue weighted by atomic mass is 16.5. The molecule has 1 aliphatic heterocycles. The van der Waals surface area contributed by atoms with Gasteiger partial charge in [-0.2, -0.15) is 0 Å². The summed E-state index contributed by atoms with van der Waals surface area (Å²) in [4.78, 5) is 25.2. The van der Waals surface area contributed by atoms with Gasteiger partial charge in [-0.3, -0.25) is 9.59 Å². The van der Waals surface area contributed by atoms with Crippen LogP contribution in [0.3, 0.4) is 0 Å². The number of morpholine rings is 1.